The van der Waals surface area contributed by atoms with Gasteiger partial charge in [-0.3, -0.25) is 9.59 Å². The van der Waals surface area contributed by atoms with Crippen molar-refractivity contribution in [1.29, 1.82) is 0 Å². The average Bonchev–Trinajstić information content (AvgIpc) is 2.93. The highest BCUT2D eigenvalue weighted by Gasteiger charge is 2.33. The topological polar surface area (TPSA) is 61.4 Å². The van der Waals surface area contributed by atoms with E-state index in [1.54, 1.807) is 49.3 Å². The maximum absolute atomic E-state index is 13.5. The molecule has 23 heavy (non-hydrogen) atoms. The second-order valence-electron chi connectivity index (χ2n) is 5.57. The van der Waals surface area contributed by atoms with Gasteiger partial charge >= 0.3 is 0 Å². The van der Waals surface area contributed by atoms with Crippen molar-refractivity contribution in [3.63, 3.8) is 0 Å². The Labute approximate surface area is 135 Å². The minimum Gasteiger partial charge on any atom is -0.355 e. The Kier molecular flexibility index (Phi) is 5.87. The zero-order valence-electron chi connectivity index (χ0n) is 13.4. The molecule has 0 aliphatic carbocycles. The van der Waals surface area contributed by atoms with Crippen molar-refractivity contribution in [2.45, 2.75) is 18.6 Å². The Morgan fingerprint density at radius 2 is 2.00 bits per heavy atom. The molecule has 2 rings (SSSR count). The van der Waals surface area contributed by atoms with Crippen LogP contribution < -0.4 is 10.6 Å². The highest BCUT2D eigenvalue weighted by molar-refractivity contribution is 5.95. The zero-order chi connectivity index (χ0) is 16.8. The lowest BCUT2D eigenvalue weighted by atomic mass is 10.1. The first kappa shape index (κ1) is 17.1. The van der Waals surface area contributed by atoms with E-state index in [2.05, 4.69) is 10.6 Å². The molecule has 2 atom stereocenters. The van der Waals surface area contributed by atoms with Crippen LogP contribution >= 0.6 is 0 Å². The number of alkyl halides is 1. The van der Waals surface area contributed by atoms with E-state index in [0.29, 0.717) is 18.5 Å². The van der Waals surface area contributed by atoms with Crippen molar-refractivity contribution in [2.75, 3.05) is 27.2 Å². The first-order valence-corrected chi connectivity index (χ1v) is 7.64. The zero-order valence-corrected chi connectivity index (χ0v) is 13.4. The highest BCUT2D eigenvalue weighted by atomic mass is 19.1. The summed E-state index contributed by atoms with van der Waals surface area (Å²) >= 11 is 0. The lowest BCUT2D eigenvalue weighted by Crippen LogP contribution is -2.40. The van der Waals surface area contributed by atoms with E-state index in [0.717, 1.165) is 5.56 Å². The number of benzene rings is 1. The van der Waals surface area contributed by atoms with Gasteiger partial charge in [0.15, 0.2) is 0 Å². The van der Waals surface area contributed by atoms with Crippen LogP contribution in [-0.4, -0.2) is 56.1 Å². The molecular formula is C17H22FN3O2. The molecule has 1 fully saturated rings. The fourth-order valence-corrected chi connectivity index (χ4v) is 2.71. The smallest absolute Gasteiger partial charge is 0.251 e. The van der Waals surface area contributed by atoms with Crippen LogP contribution in [0.15, 0.2) is 30.3 Å². The normalized spacial score (nSPS) is 20.9. The summed E-state index contributed by atoms with van der Waals surface area (Å²) in [5, 5.41) is 5.54. The summed E-state index contributed by atoms with van der Waals surface area (Å²) in [6.07, 6.45) is 2.55. The number of nitrogens with one attached hydrogen (secondary N) is 2. The second-order valence-corrected chi connectivity index (χ2v) is 5.57. The molecule has 2 amide bonds. The number of hydrogen-bond donors (Lipinski definition) is 2. The van der Waals surface area contributed by atoms with Gasteiger partial charge < -0.3 is 15.5 Å². The number of halogens is 1. The third kappa shape index (κ3) is 4.39. The Bertz CT molecular complexity index is 586. The molecule has 2 N–H and O–H groups in total. The van der Waals surface area contributed by atoms with Gasteiger partial charge in [-0.1, -0.05) is 12.1 Å². The monoisotopic (exact) mass is 319 g/mol. The molecule has 5 nitrogen and oxygen atoms in total. The summed E-state index contributed by atoms with van der Waals surface area (Å²) < 4.78 is 13.5. The first-order valence-electron chi connectivity index (χ1n) is 7.64. The quantitative estimate of drug-likeness (QED) is 0.802. The van der Waals surface area contributed by atoms with E-state index in [-0.39, 0.29) is 24.4 Å². The molecule has 0 aromatic heterocycles. The van der Waals surface area contributed by atoms with Crippen molar-refractivity contribution < 1.29 is 14.0 Å². The molecule has 1 heterocycles. The van der Waals surface area contributed by atoms with Crippen LogP contribution in [0.3, 0.4) is 0 Å². The second kappa shape index (κ2) is 7.87. The van der Waals surface area contributed by atoms with Crippen LogP contribution in [0.5, 0.6) is 0 Å². The molecule has 0 spiro atoms. The molecule has 0 saturated carbocycles. The maximum atomic E-state index is 13.5. The number of likely N-dealkylation sites (N-methyl/N-ethyl adjacent to an activating group) is 1. The summed E-state index contributed by atoms with van der Waals surface area (Å²) in [7, 11) is 3.36. The SMILES string of the molecule is CNC[C@@H]1C[C@H](F)CN1C(=O)/C=C/c1ccc(C(=O)NC)cc1. The molecule has 1 aliphatic heterocycles. The van der Waals surface area contributed by atoms with E-state index < -0.39 is 6.17 Å². The molecule has 124 valence electrons. The van der Waals surface area contributed by atoms with Crippen LogP contribution in [0.2, 0.25) is 0 Å². The molecule has 1 saturated heterocycles. The van der Waals surface area contributed by atoms with Crippen molar-refractivity contribution in [2.24, 2.45) is 0 Å². The number of hydrogen-bond acceptors (Lipinski definition) is 3. The third-order valence-corrected chi connectivity index (χ3v) is 3.90. The summed E-state index contributed by atoms with van der Waals surface area (Å²) in [4.78, 5) is 25.3. The van der Waals surface area contributed by atoms with E-state index in [9.17, 15) is 14.0 Å². The van der Waals surface area contributed by atoms with Crippen molar-refractivity contribution in [3.8, 4) is 0 Å². The summed E-state index contributed by atoms with van der Waals surface area (Å²) in [6, 6.07) is 6.81. The Morgan fingerprint density at radius 3 is 2.61 bits per heavy atom. The van der Waals surface area contributed by atoms with E-state index in [1.807, 2.05) is 0 Å². The van der Waals surface area contributed by atoms with E-state index >= 15 is 0 Å². The van der Waals surface area contributed by atoms with Gasteiger partial charge in [-0.25, -0.2) is 4.39 Å². The number of likely N-dealkylation sites (tertiary alicyclic amines) is 1. The van der Waals surface area contributed by atoms with Gasteiger partial charge in [0.1, 0.15) is 6.17 Å². The van der Waals surface area contributed by atoms with Gasteiger partial charge in [0, 0.05) is 37.7 Å². The van der Waals surface area contributed by atoms with Crippen molar-refractivity contribution in [3.05, 3.63) is 41.5 Å². The Hall–Kier alpha value is -2.21. The summed E-state index contributed by atoms with van der Waals surface area (Å²) in [5.74, 6) is -0.349. The highest BCUT2D eigenvalue weighted by Crippen LogP contribution is 2.20. The molecule has 1 aliphatic rings. The predicted molar refractivity (Wildman–Crippen MR) is 87.8 cm³/mol. The largest absolute Gasteiger partial charge is 0.355 e. The fraction of sp³-hybridized carbons (Fsp3) is 0.412. The number of nitrogens with zero attached hydrogens (tertiary/aromatic N) is 1. The predicted octanol–water partition coefficient (Wildman–Crippen LogP) is 1.22. The van der Waals surface area contributed by atoms with Gasteiger partial charge in [0.25, 0.3) is 5.91 Å². The van der Waals surface area contributed by atoms with Crippen LogP contribution in [0.1, 0.15) is 22.3 Å². The number of rotatable bonds is 5. The Balaban J connectivity index is 2.01. The standard InChI is InChI=1S/C17H22FN3O2/c1-19-10-15-9-14(18)11-21(15)16(22)8-5-12-3-6-13(7-4-12)17(23)20-2/h3-8,14-15,19H,9-11H2,1-2H3,(H,20,23)/b8-5+/t14-,15-/m0/s1. The van der Waals surface area contributed by atoms with Crippen LogP contribution in [0, 0.1) is 0 Å². The minimum absolute atomic E-state index is 0.109. The van der Waals surface area contributed by atoms with Crippen molar-refractivity contribution in [1.82, 2.24) is 15.5 Å². The van der Waals surface area contributed by atoms with Gasteiger partial charge in [-0.05, 0) is 30.8 Å². The number of carbonyl (C=O) groups is 2. The van der Waals surface area contributed by atoms with Crippen molar-refractivity contribution >= 4 is 17.9 Å². The summed E-state index contributed by atoms with van der Waals surface area (Å²) in [6.45, 7) is 0.728. The summed E-state index contributed by atoms with van der Waals surface area (Å²) in [5.41, 5.74) is 1.37. The van der Waals surface area contributed by atoms with Gasteiger partial charge in [-0.2, -0.15) is 0 Å². The molecular weight excluding hydrogens is 297 g/mol. The van der Waals surface area contributed by atoms with E-state index in [4.69, 9.17) is 0 Å². The molecule has 1 aromatic carbocycles. The molecule has 6 heteroatoms. The van der Waals surface area contributed by atoms with Crippen LogP contribution in [0.4, 0.5) is 4.39 Å². The lowest BCUT2D eigenvalue weighted by molar-refractivity contribution is -0.126. The average molecular weight is 319 g/mol. The molecule has 0 radical (unpaired) electrons. The first-order chi connectivity index (χ1) is 11.0. The number of carbonyl (C=O) groups excluding carboxylic acids is 2. The van der Waals surface area contributed by atoms with Gasteiger partial charge in [0.2, 0.25) is 5.91 Å². The fourth-order valence-electron chi connectivity index (χ4n) is 2.71. The lowest BCUT2D eigenvalue weighted by Gasteiger charge is -2.22. The molecule has 1 aromatic rings. The minimum atomic E-state index is -0.961. The van der Waals surface area contributed by atoms with Gasteiger partial charge in [-0.15, -0.1) is 0 Å². The Morgan fingerprint density at radius 1 is 1.30 bits per heavy atom. The number of amides is 2. The maximum Gasteiger partial charge on any atom is 0.251 e. The molecule has 0 bridgehead atoms. The van der Waals surface area contributed by atoms with Gasteiger partial charge in [0.05, 0.1) is 6.54 Å². The molecule has 0 unspecified atom stereocenters. The van der Waals surface area contributed by atoms with Crippen LogP contribution in [-0.2, 0) is 4.79 Å². The third-order valence-electron chi connectivity index (χ3n) is 3.90. The van der Waals surface area contributed by atoms with E-state index in [1.165, 1.54) is 6.08 Å². The van der Waals surface area contributed by atoms with Crippen LogP contribution in [0.25, 0.3) is 6.08 Å².